The number of ether oxygens (including phenoxy) is 2. The molecule has 2 aromatic carbocycles. The van der Waals surface area contributed by atoms with E-state index in [4.69, 9.17) is 9.47 Å². The van der Waals surface area contributed by atoms with E-state index in [-0.39, 0.29) is 21.9 Å². The number of rotatable bonds is 8. The number of aromatic nitrogens is 2. The fraction of sp³-hybridized carbons (Fsp3) is 0.320. The molecule has 0 atom stereocenters. The van der Waals surface area contributed by atoms with Crippen LogP contribution in [-0.4, -0.2) is 60.4 Å². The third-order valence-corrected chi connectivity index (χ3v) is 7.86. The Hall–Kier alpha value is -3.90. The van der Waals surface area contributed by atoms with E-state index < -0.39 is 27.2 Å². The van der Waals surface area contributed by atoms with Gasteiger partial charge in [-0.25, -0.2) is 17.8 Å². The third-order valence-electron chi connectivity index (χ3n) is 5.96. The highest BCUT2D eigenvalue weighted by Crippen LogP contribution is 2.32. The largest absolute Gasteiger partial charge is 0.494 e. The molecule has 0 bridgehead atoms. The molecule has 1 saturated heterocycles. The van der Waals surface area contributed by atoms with Crippen molar-refractivity contribution in [2.45, 2.75) is 31.1 Å². The van der Waals surface area contributed by atoms with Crippen LogP contribution in [0.2, 0.25) is 0 Å². The average molecular weight is 529 g/mol. The molecule has 0 aliphatic carbocycles. The van der Waals surface area contributed by atoms with Crippen LogP contribution in [-0.2, 0) is 10.0 Å². The molecule has 2 N–H and O–H groups in total. The Balaban J connectivity index is 1.68. The van der Waals surface area contributed by atoms with E-state index in [1.807, 2.05) is 6.92 Å². The lowest BCUT2D eigenvalue weighted by Crippen LogP contribution is -2.35. The van der Waals surface area contributed by atoms with Crippen molar-refractivity contribution in [2.75, 3.05) is 26.8 Å². The summed E-state index contributed by atoms with van der Waals surface area (Å²) in [7, 11) is -2.30. The zero-order chi connectivity index (χ0) is 26.6. The SMILES string of the molecule is CCOc1ccc(-n2c(O)c(C=Nc3ccc(S(=O)(=O)N4CCCCC4)cc3OC)c(=O)[nH]c2=O)cc1. The smallest absolute Gasteiger partial charge is 0.335 e. The standard InChI is InChI=1S/C25H28N4O7S/c1-3-36-18-9-7-17(8-10-18)29-24(31)20(23(30)27-25(29)32)16-26-21-12-11-19(15-22(21)35-2)37(33,34)28-13-5-4-6-14-28/h7-12,15-16,31H,3-6,13-14H2,1-2H3,(H,27,30,32). The molecule has 1 aliphatic rings. The van der Waals surface area contributed by atoms with Crippen molar-refractivity contribution in [2.24, 2.45) is 4.99 Å². The molecule has 1 fully saturated rings. The molecule has 37 heavy (non-hydrogen) atoms. The molecular formula is C25H28N4O7S. The minimum atomic E-state index is -3.68. The molecule has 1 aromatic heterocycles. The molecular weight excluding hydrogens is 500 g/mol. The van der Waals surface area contributed by atoms with Gasteiger partial charge in [0, 0.05) is 25.4 Å². The first kappa shape index (κ1) is 26.2. The first-order valence-corrected chi connectivity index (χ1v) is 13.2. The van der Waals surface area contributed by atoms with Crippen molar-refractivity contribution < 1.29 is 23.0 Å². The van der Waals surface area contributed by atoms with E-state index in [1.165, 1.54) is 29.6 Å². The molecule has 12 heteroatoms. The van der Waals surface area contributed by atoms with E-state index in [0.717, 1.165) is 30.0 Å². The number of aromatic hydroxyl groups is 1. The molecule has 3 aromatic rings. The van der Waals surface area contributed by atoms with Gasteiger partial charge >= 0.3 is 5.69 Å². The van der Waals surface area contributed by atoms with Crippen LogP contribution in [0.3, 0.4) is 0 Å². The highest BCUT2D eigenvalue weighted by molar-refractivity contribution is 7.89. The summed E-state index contributed by atoms with van der Waals surface area (Å²) in [5, 5.41) is 10.8. The number of aliphatic imine (C=N–C) groups is 1. The van der Waals surface area contributed by atoms with Gasteiger partial charge in [0.15, 0.2) is 0 Å². The summed E-state index contributed by atoms with van der Waals surface area (Å²) in [6.45, 7) is 3.25. The molecule has 0 spiro atoms. The Morgan fingerprint density at radius 3 is 2.43 bits per heavy atom. The number of hydrogen-bond acceptors (Lipinski definition) is 8. The fourth-order valence-corrected chi connectivity index (χ4v) is 5.60. The Morgan fingerprint density at radius 1 is 1.08 bits per heavy atom. The van der Waals surface area contributed by atoms with Crippen molar-refractivity contribution in [1.82, 2.24) is 13.9 Å². The summed E-state index contributed by atoms with van der Waals surface area (Å²) in [5.41, 5.74) is -1.38. The molecule has 196 valence electrons. The van der Waals surface area contributed by atoms with Crippen LogP contribution in [0.15, 0.2) is 61.9 Å². The average Bonchev–Trinajstić information content (AvgIpc) is 2.90. The van der Waals surface area contributed by atoms with Crippen molar-refractivity contribution >= 4 is 21.9 Å². The monoisotopic (exact) mass is 528 g/mol. The van der Waals surface area contributed by atoms with Crippen LogP contribution in [0.4, 0.5) is 5.69 Å². The molecule has 1 aliphatic heterocycles. The number of hydrogen-bond donors (Lipinski definition) is 2. The number of benzene rings is 2. The van der Waals surface area contributed by atoms with Crippen LogP contribution >= 0.6 is 0 Å². The predicted molar refractivity (Wildman–Crippen MR) is 138 cm³/mol. The Bertz CT molecular complexity index is 1520. The molecule has 2 heterocycles. The first-order chi connectivity index (χ1) is 17.8. The number of methoxy groups -OCH3 is 1. The van der Waals surface area contributed by atoms with Crippen molar-refractivity contribution in [3.05, 3.63) is 68.9 Å². The maximum absolute atomic E-state index is 13.0. The lowest BCUT2D eigenvalue weighted by molar-refractivity contribution is 0.340. The second kappa shape index (κ2) is 11.0. The van der Waals surface area contributed by atoms with Crippen LogP contribution in [0.5, 0.6) is 17.4 Å². The van der Waals surface area contributed by atoms with Gasteiger partial charge in [0.05, 0.1) is 24.3 Å². The number of piperidine rings is 1. The fourth-order valence-electron chi connectivity index (χ4n) is 4.07. The molecule has 0 saturated carbocycles. The van der Waals surface area contributed by atoms with Crippen LogP contribution in [0, 0.1) is 0 Å². The van der Waals surface area contributed by atoms with Gasteiger partial charge in [0.1, 0.15) is 22.7 Å². The molecule has 4 rings (SSSR count). The maximum atomic E-state index is 13.0. The summed E-state index contributed by atoms with van der Waals surface area (Å²) < 4.78 is 39.1. The second-order valence-electron chi connectivity index (χ2n) is 8.32. The number of nitrogens with one attached hydrogen (secondary N) is 1. The van der Waals surface area contributed by atoms with E-state index >= 15 is 0 Å². The summed E-state index contributed by atoms with van der Waals surface area (Å²) in [4.78, 5) is 31.4. The molecule has 0 radical (unpaired) electrons. The van der Waals surface area contributed by atoms with Gasteiger partial charge < -0.3 is 14.6 Å². The molecule has 0 amide bonds. The minimum absolute atomic E-state index is 0.0787. The first-order valence-electron chi connectivity index (χ1n) is 11.8. The van der Waals surface area contributed by atoms with Gasteiger partial charge in [-0.1, -0.05) is 6.42 Å². The Morgan fingerprint density at radius 2 is 1.78 bits per heavy atom. The van der Waals surface area contributed by atoms with Gasteiger partial charge in [0.2, 0.25) is 15.9 Å². The van der Waals surface area contributed by atoms with Gasteiger partial charge in [-0.05, 0) is 56.2 Å². The zero-order valence-electron chi connectivity index (χ0n) is 20.5. The predicted octanol–water partition coefficient (Wildman–Crippen LogP) is 2.56. The topological polar surface area (TPSA) is 143 Å². The van der Waals surface area contributed by atoms with Crippen LogP contribution < -0.4 is 20.7 Å². The van der Waals surface area contributed by atoms with E-state index in [9.17, 15) is 23.1 Å². The van der Waals surface area contributed by atoms with Crippen LogP contribution in [0.25, 0.3) is 5.69 Å². The number of nitrogens with zero attached hydrogens (tertiary/aromatic N) is 3. The molecule has 11 nitrogen and oxygen atoms in total. The van der Waals surface area contributed by atoms with Crippen molar-refractivity contribution in [1.29, 1.82) is 0 Å². The Kier molecular flexibility index (Phi) is 7.79. The van der Waals surface area contributed by atoms with Crippen LogP contribution in [0.1, 0.15) is 31.7 Å². The summed E-state index contributed by atoms with van der Waals surface area (Å²) in [5.74, 6) is 0.151. The van der Waals surface area contributed by atoms with Gasteiger partial charge in [0.25, 0.3) is 5.56 Å². The maximum Gasteiger partial charge on any atom is 0.335 e. The van der Waals surface area contributed by atoms with E-state index in [2.05, 4.69) is 9.98 Å². The van der Waals surface area contributed by atoms with E-state index in [1.54, 1.807) is 24.3 Å². The number of H-pyrrole nitrogens is 1. The summed E-state index contributed by atoms with van der Waals surface area (Å²) in [6.07, 6.45) is 3.72. The minimum Gasteiger partial charge on any atom is -0.494 e. The van der Waals surface area contributed by atoms with E-state index in [0.29, 0.717) is 31.1 Å². The normalized spacial score (nSPS) is 14.6. The lowest BCUT2D eigenvalue weighted by Gasteiger charge is -2.26. The number of aromatic amines is 1. The van der Waals surface area contributed by atoms with Gasteiger partial charge in [-0.3, -0.25) is 14.8 Å². The summed E-state index contributed by atoms with van der Waals surface area (Å²) in [6, 6.07) is 10.7. The number of sulfonamides is 1. The van der Waals surface area contributed by atoms with Gasteiger partial charge in [-0.15, -0.1) is 0 Å². The van der Waals surface area contributed by atoms with Crippen molar-refractivity contribution in [3.63, 3.8) is 0 Å². The lowest BCUT2D eigenvalue weighted by atomic mass is 10.2. The quantitative estimate of drug-likeness (QED) is 0.428. The van der Waals surface area contributed by atoms with Gasteiger partial charge in [-0.2, -0.15) is 4.31 Å². The summed E-state index contributed by atoms with van der Waals surface area (Å²) >= 11 is 0. The highest BCUT2D eigenvalue weighted by atomic mass is 32.2. The third kappa shape index (κ3) is 5.44. The zero-order valence-corrected chi connectivity index (χ0v) is 21.3. The highest BCUT2D eigenvalue weighted by Gasteiger charge is 2.26. The van der Waals surface area contributed by atoms with Crippen molar-refractivity contribution in [3.8, 4) is 23.1 Å². The second-order valence-corrected chi connectivity index (χ2v) is 10.3. The Labute approximate surface area is 213 Å². The molecule has 0 unspecified atom stereocenters.